The smallest absolute Gasteiger partial charge is 0.0538 e. The largest absolute Gasteiger partial charge is 0.380 e. The van der Waals surface area contributed by atoms with Crippen LogP contribution in [0.3, 0.4) is 0 Å². The summed E-state index contributed by atoms with van der Waals surface area (Å²) < 4.78 is 4.28. The number of halogens is 4. The highest BCUT2D eigenvalue weighted by Crippen LogP contribution is 2.37. The first-order valence-electron chi connectivity index (χ1n) is 5.98. The number of hydrogen-bond donors (Lipinski definition) is 2. The highest BCUT2D eigenvalue weighted by atomic mass is 79.9. The Morgan fingerprint density at radius 1 is 0.650 bits per heavy atom. The van der Waals surface area contributed by atoms with Gasteiger partial charge in [-0.3, -0.25) is 0 Å². The van der Waals surface area contributed by atoms with Crippen molar-refractivity contribution in [1.82, 2.24) is 0 Å². The van der Waals surface area contributed by atoms with Crippen molar-refractivity contribution in [3.8, 4) is 0 Å². The zero-order chi connectivity index (χ0) is 14.3. The minimum absolute atomic E-state index is 0.771. The summed E-state index contributed by atoms with van der Waals surface area (Å²) >= 11 is 14.3. The maximum absolute atomic E-state index is 3.62. The third-order valence-corrected chi connectivity index (χ3v) is 5.35. The van der Waals surface area contributed by atoms with E-state index in [1.54, 1.807) is 0 Å². The molecule has 3 rings (SSSR count). The number of benzene rings is 2. The quantitative estimate of drug-likeness (QED) is 0.423. The van der Waals surface area contributed by atoms with Crippen LogP contribution in [-0.2, 0) is 13.1 Å². The molecule has 2 N–H and O–H groups in total. The Morgan fingerprint density at radius 2 is 1.05 bits per heavy atom. The van der Waals surface area contributed by atoms with Crippen molar-refractivity contribution in [3.63, 3.8) is 0 Å². The molecule has 0 saturated carbocycles. The summed E-state index contributed by atoms with van der Waals surface area (Å²) in [7, 11) is 0. The fourth-order valence-corrected chi connectivity index (χ4v) is 5.20. The molecule has 0 fully saturated rings. The molecule has 0 aromatic heterocycles. The van der Waals surface area contributed by atoms with Crippen LogP contribution in [0.5, 0.6) is 0 Å². The molecule has 6 heteroatoms. The Bertz CT molecular complexity index is 626. The zero-order valence-electron chi connectivity index (χ0n) is 10.2. The van der Waals surface area contributed by atoms with Gasteiger partial charge in [0.15, 0.2) is 0 Å². The number of nitrogens with one attached hydrogen (secondary N) is 2. The van der Waals surface area contributed by atoms with Gasteiger partial charge in [-0.2, -0.15) is 0 Å². The number of fused-ring (bicyclic) bond motifs is 2. The van der Waals surface area contributed by atoms with Crippen LogP contribution in [0.2, 0.25) is 0 Å². The number of anilines is 2. The summed E-state index contributed by atoms with van der Waals surface area (Å²) in [6.45, 7) is 1.54. The molecule has 20 heavy (non-hydrogen) atoms. The van der Waals surface area contributed by atoms with Gasteiger partial charge < -0.3 is 10.6 Å². The Labute approximate surface area is 151 Å². The van der Waals surface area contributed by atoms with Gasteiger partial charge in [0.25, 0.3) is 0 Å². The van der Waals surface area contributed by atoms with E-state index in [2.05, 4.69) is 98.6 Å². The van der Waals surface area contributed by atoms with Crippen molar-refractivity contribution in [1.29, 1.82) is 0 Å². The summed E-state index contributed by atoms with van der Waals surface area (Å²) in [4.78, 5) is 0. The average molecular weight is 526 g/mol. The molecular weight excluding hydrogens is 516 g/mol. The topological polar surface area (TPSA) is 24.1 Å². The second-order valence-corrected chi connectivity index (χ2v) is 8.09. The van der Waals surface area contributed by atoms with E-state index in [4.69, 9.17) is 0 Å². The van der Waals surface area contributed by atoms with E-state index in [9.17, 15) is 0 Å². The van der Waals surface area contributed by atoms with E-state index in [1.165, 1.54) is 11.1 Å². The zero-order valence-corrected chi connectivity index (χ0v) is 16.6. The predicted octanol–water partition coefficient (Wildman–Crippen LogP) is 6.27. The van der Waals surface area contributed by atoms with E-state index in [-0.39, 0.29) is 0 Å². The monoisotopic (exact) mass is 522 g/mol. The minimum Gasteiger partial charge on any atom is -0.380 e. The Balaban J connectivity index is 2.04. The first-order valence-corrected chi connectivity index (χ1v) is 9.15. The Kier molecular flexibility index (Phi) is 4.45. The summed E-state index contributed by atoms with van der Waals surface area (Å²) in [6, 6.07) is 8.39. The molecule has 0 unspecified atom stereocenters. The van der Waals surface area contributed by atoms with Crippen LogP contribution in [0.25, 0.3) is 0 Å². The molecule has 0 amide bonds. The van der Waals surface area contributed by atoms with E-state index < -0.39 is 0 Å². The standard InChI is InChI=1S/C14H10Br4N2/c15-9-1-7-5-19-14-8(2-10(16)4-12(14)18)6-20-13(7)11(17)3-9/h1-4,19-20H,5-6H2. The van der Waals surface area contributed by atoms with Gasteiger partial charge in [-0.15, -0.1) is 0 Å². The molecule has 0 atom stereocenters. The lowest BCUT2D eigenvalue weighted by Crippen LogP contribution is -2.13. The van der Waals surface area contributed by atoms with E-state index in [0.717, 1.165) is 42.4 Å². The lowest BCUT2D eigenvalue weighted by Gasteiger charge is -2.22. The molecule has 104 valence electrons. The predicted molar refractivity (Wildman–Crippen MR) is 98.3 cm³/mol. The lowest BCUT2D eigenvalue weighted by molar-refractivity contribution is 1.04. The summed E-state index contributed by atoms with van der Waals surface area (Å²) in [5, 5.41) is 7.04. The first kappa shape index (κ1) is 14.9. The van der Waals surface area contributed by atoms with Gasteiger partial charge >= 0.3 is 0 Å². The van der Waals surface area contributed by atoms with Crippen molar-refractivity contribution < 1.29 is 0 Å². The molecule has 0 saturated heterocycles. The van der Waals surface area contributed by atoms with Crippen LogP contribution < -0.4 is 10.6 Å². The molecule has 1 aliphatic heterocycles. The van der Waals surface area contributed by atoms with Crippen molar-refractivity contribution in [3.05, 3.63) is 53.3 Å². The molecule has 0 bridgehead atoms. The van der Waals surface area contributed by atoms with Crippen molar-refractivity contribution >= 4 is 75.1 Å². The van der Waals surface area contributed by atoms with Gasteiger partial charge in [-0.1, -0.05) is 31.9 Å². The maximum atomic E-state index is 3.62. The average Bonchev–Trinajstić information content (AvgIpc) is 2.33. The minimum atomic E-state index is 0.771. The fourth-order valence-electron chi connectivity index (χ4n) is 2.30. The molecule has 0 radical (unpaired) electrons. The van der Waals surface area contributed by atoms with Crippen molar-refractivity contribution in [2.75, 3.05) is 10.6 Å². The molecule has 1 heterocycles. The molecule has 2 nitrogen and oxygen atoms in total. The van der Waals surface area contributed by atoms with Crippen LogP contribution in [-0.4, -0.2) is 0 Å². The Morgan fingerprint density at radius 3 is 1.45 bits per heavy atom. The third-order valence-electron chi connectivity index (χ3n) is 3.18. The van der Waals surface area contributed by atoms with Crippen LogP contribution in [0, 0.1) is 0 Å². The first-order chi connectivity index (χ1) is 9.54. The van der Waals surface area contributed by atoms with E-state index in [1.807, 2.05) is 0 Å². The fraction of sp³-hybridized carbons (Fsp3) is 0.143. The molecule has 1 aliphatic rings. The SMILES string of the molecule is Brc1cc(Br)c2c(c1)CNc1c(Br)cc(Br)cc1CN2. The number of hydrogen-bond acceptors (Lipinski definition) is 2. The van der Waals surface area contributed by atoms with Gasteiger partial charge in [0, 0.05) is 31.0 Å². The van der Waals surface area contributed by atoms with Gasteiger partial charge in [0.1, 0.15) is 0 Å². The highest BCUT2D eigenvalue weighted by Gasteiger charge is 2.15. The van der Waals surface area contributed by atoms with Crippen LogP contribution in [0.15, 0.2) is 42.2 Å². The van der Waals surface area contributed by atoms with Crippen LogP contribution >= 0.6 is 63.7 Å². The van der Waals surface area contributed by atoms with Crippen molar-refractivity contribution in [2.45, 2.75) is 13.1 Å². The van der Waals surface area contributed by atoms with E-state index >= 15 is 0 Å². The summed E-state index contributed by atoms with van der Waals surface area (Å²) in [5.74, 6) is 0. The summed E-state index contributed by atoms with van der Waals surface area (Å²) in [6.07, 6.45) is 0. The maximum Gasteiger partial charge on any atom is 0.0538 e. The van der Waals surface area contributed by atoms with Crippen LogP contribution in [0.1, 0.15) is 11.1 Å². The molecule has 0 spiro atoms. The highest BCUT2D eigenvalue weighted by molar-refractivity contribution is 9.11. The normalized spacial score (nSPS) is 13.4. The third kappa shape index (κ3) is 2.93. The summed E-state index contributed by atoms with van der Waals surface area (Å²) in [5.41, 5.74) is 4.74. The van der Waals surface area contributed by atoms with Gasteiger partial charge in [-0.25, -0.2) is 0 Å². The van der Waals surface area contributed by atoms with Crippen LogP contribution in [0.4, 0.5) is 11.4 Å². The van der Waals surface area contributed by atoms with Gasteiger partial charge in [0.2, 0.25) is 0 Å². The molecule has 2 aromatic rings. The Hall–Kier alpha value is -0.0400. The molecule has 0 aliphatic carbocycles. The van der Waals surface area contributed by atoms with E-state index in [0.29, 0.717) is 0 Å². The van der Waals surface area contributed by atoms with Crippen molar-refractivity contribution in [2.24, 2.45) is 0 Å². The van der Waals surface area contributed by atoms with Gasteiger partial charge in [0.05, 0.1) is 11.4 Å². The second kappa shape index (κ2) is 5.99. The lowest BCUT2D eigenvalue weighted by atomic mass is 10.1. The second-order valence-electron chi connectivity index (χ2n) is 4.55. The molecular formula is C14H10Br4N2. The van der Waals surface area contributed by atoms with Gasteiger partial charge in [-0.05, 0) is 67.3 Å². The number of rotatable bonds is 0. The molecule has 2 aromatic carbocycles.